The second-order valence-electron chi connectivity index (χ2n) is 5.11. The van der Waals surface area contributed by atoms with Crippen LogP contribution in [0.15, 0.2) is 59.1 Å². The van der Waals surface area contributed by atoms with Gasteiger partial charge < -0.3 is 10.1 Å². The summed E-state index contributed by atoms with van der Waals surface area (Å²) in [5.41, 5.74) is 1.31. The van der Waals surface area contributed by atoms with Crippen molar-refractivity contribution < 1.29 is 4.74 Å². The number of hydrogen-bond acceptors (Lipinski definition) is 2. The molecule has 3 heteroatoms. The average Bonchev–Trinajstić information content (AvgIpc) is 2.51. The van der Waals surface area contributed by atoms with Crippen molar-refractivity contribution in [3.63, 3.8) is 0 Å². The molecule has 0 fully saturated rings. The second kappa shape index (κ2) is 8.85. The van der Waals surface area contributed by atoms with Gasteiger partial charge in [-0.1, -0.05) is 53.2 Å². The fraction of sp³-hybridized carbons (Fsp3) is 0.333. The zero-order valence-corrected chi connectivity index (χ0v) is 14.0. The van der Waals surface area contributed by atoms with Crippen LogP contribution in [0.5, 0.6) is 5.75 Å². The fourth-order valence-electron chi connectivity index (χ4n) is 2.20. The molecule has 0 saturated carbocycles. The predicted octanol–water partition coefficient (Wildman–Crippen LogP) is 4.44. The first-order valence-electron chi connectivity index (χ1n) is 7.43. The van der Waals surface area contributed by atoms with Crippen molar-refractivity contribution in [2.45, 2.75) is 25.8 Å². The van der Waals surface area contributed by atoms with Gasteiger partial charge in [0.05, 0.1) is 0 Å². The lowest BCUT2D eigenvalue weighted by Gasteiger charge is -2.19. The SMILES string of the molecule is CCCNC(COc1ccccc1)Cc1cccc(Br)c1. The first-order valence-corrected chi connectivity index (χ1v) is 8.23. The number of nitrogens with one attached hydrogen (secondary N) is 1. The van der Waals surface area contributed by atoms with E-state index in [0.29, 0.717) is 12.6 Å². The lowest BCUT2D eigenvalue weighted by molar-refractivity contribution is 0.263. The zero-order chi connectivity index (χ0) is 14.9. The third kappa shape index (κ3) is 5.90. The fourth-order valence-corrected chi connectivity index (χ4v) is 2.65. The Hall–Kier alpha value is -1.32. The smallest absolute Gasteiger partial charge is 0.119 e. The molecule has 112 valence electrons. The summed E-state index contributed by atoms with van der Waals surface area (Å²) in [6.45, 7) is 3.87. The predicted molar refractivity (Wildman–Crippen MR) is 91.9 cm³/mol. The normalized spacial score (nSPS) is 12.1. The van der Waals surface area contributed by atoms with E-state index < -0.39 is 0 Å². The van der Waals surface area contributed by atoms with Gasteiger partial charge in [-0.25, -0.2) is 0 Å². The van der Waals surface area contributed by atoms with E-state index in [2.05, 4.69) is 52.4 Å². The van der Waals surface area contributed by atoms with Crippen molar-refractivity contribution in [3.8, 4) is 5.75 Å². The van der Waals surface area contributed by atoms with Crippen LogP contribution >= 0.6 is 15.9 Å². The highest BCUT2D eigenvalue weighted by Gasteiger charge is 2.10. The van der Waals surface area contributed by atoms with E-state index in [4.69, 9.17) is 4.74 Å². The third-order valence-electron chi connectivity index (χ3n) is 3.25. The maximum Gasteiger partial charge on any atom is 0.119 e. The van der Waals surface area contributed by atoms with Crippen molar-refractivity contribution >= 4 is 15.9 Å². The monoisotopic (exact) mass is 347 g/mol. The zero-order valence-electron chi connectivity index (χ0n) is 12.4. The minimum absolute atomic E-state index is 0.319. The first-order chi connectivity index (χ1) is 10.3. The number of hydrogen-bond donors (Lipinski definition) is 1. The van der Waals surface area contributed by atoms with Gasteiger partial charge in [0.1, 0.15) is 12.4 Å². The topological polar surface area (TPSA) is 21.3 Å². The van der Waals surface area contributed by atoms with E-state index in [-0.39, 0.29) is 0 Å². The number of benzene rings is 2. The van der Waals surface area contributed by atoms with Crippen LogP contribution in [-0.4, -0.2) is 19.2 Å². The van der Waals surface area contributed by atoms with Crippen molar-refractivity contribution in [3.05, 3.63) is 64.6 Å². The van der Waals surface area contributed by atoms with Gasteiger partial charge >= 0.3 is 0 Å². The summed E-state index contributed by atoms with van der Waals surface area (Å²) in [6, 6.07) is 18.8. The molecule has 0 spiro atoms. The Morgan fingerprint density at radius 1 is 1.10 bits per heavy atom. The third-order valence-corrected chi connectivity index (χ3v) is 3.74. The highest BCUT2D eigenvalue weighted by Crippen LogP contribution is 2.14. The Morgan fingerprint density at radius 3 is 2.62 bits per heavy atom. The lowest BCUT2D eigenvalue weighted by Crippen LogP contribution is -2.37. The maximum atomic E-state index is 5.89. The highest BCUT2D eigenvalue weighted by atomic mass is 79.9. The summed E-state index contributed by atoms with van der Waals surface area (Å²) < 4.78 is 7.02. The van der Waals surface area contributed by atoms with Gasteiger partial charge in [-0.05, 0) is 49.2 Å². The number of para-hydroxylation sites is 1. The Morgan fingerprint density at radius 2 is 1.90 bits per heavy atom. The van der Waals surface area contributed by atoms with Gasteiger partial charge in [-0.2, -0.15) is 0 Å². The number of halogens is 1. The largest absolute Gasteiger partial charge is 0.492 e. The molecule has 0 heterocycles. The van der Waals surface area contributed by atoms with E-state index in [1.807, 2.05) is 30.3 Å². The molecule has 0 aliphatic carbocycles. The minimum Gasteiger partial charge on any atom is -0.492 e. The molecule has 0 radical (unpaired) electrons. The Kier molecular flexibility index (Phi) is 6.77. The maximum absolute atomic E-state index is 5.89. The van der Waals surface area contributed by atoms with Gasteiger partial charge in [-0.15, -0.1) is 0 Å². The van der Waals surface area contributed by atoms with E-state index in [1.54, 1.807) is 0 Å². The molecule has 2 aromatic rings. The molecule has 21 heavy (non-hydrogen) atoms. The van der Waals surface area contributed by atoms with Crippen molar-refractivity contribution in [2.75, 3.05) is 13.2 Å². The van der Waals surface area contributed by atoms with Crippen molar-refractivity contribution in [2.24, 2.45) is 0 Å². The average molecular weight is 348 g/mol. The van der Waals surface area contributed by atoms with Crippen LogP contribution in [0.4, 0.5) is 0 Å². The minimum atomic E-state index is 0.319. The Labute approximate surface area is 135 Å². The molecule has 0 saturated heterocycles. The molecule has 0 aliphatic heterocycles. The van der Waals surface area contributed by atoms with Gasteiger partial charge in [0.25, 0.3) is 0 Å². The summed E-state index contributed by atoms with van der Waals surface area (Å²) in [4.78, 5) is 0. The molecule has 0 aliphatic rings. The van der Waals surface area contributed by atoms with E-state index in [9.17, 15) is 0 Å². The molecular formula is C18H22BrNO. The van der Waals surface area contributed by atoms with Crippen LogP contribution in [0.3, 0.4) is 0 Å². The molecule has 0 amide bonds. The number of rotatable bonds is 8. The molecule has 1 unspecified atom stereocenters. The van der Waals surface area contributed by atoms with E-state index in [0.717, 1.165) is 29.6 Å². The summed E-state index contributed by atoms with van der Waals surface area (Å²) in [7, 11) is 0. The molecule has 0 aromatic heterocycles. The van der Waals surface area contributed by atoms with E-state index in [1.165, 1.54) is 5.56 Å². The Balaban J connectivity index is 1.94. The molecule has 1 atom stereocenters. The molecule has 2 nitrogen and oxygen atoms in total. The van der Waals surface area contributed by atoms with Crippen LogP contribution in [0.25, 0.3) is 0 Å². The molecule has 2 rings (SSSR count). The molecular weight excluding hydrogens is 326 g/mol. The van der Waals surface area contributed by atoms with Crippen LogP contribution in [0, 0.1) is 0 Å². The first kappa shape index (κ1) is 16.1. The quantitative estimate of drug-likeness (QED) is 0.762. The van der Waals surface area contributed by atoms with Crippen LogP contribution < -0.4 is 10.1 Å². The van der Waals surface area contributed by atoms with Crippen LogP contribution in [0.1, 0.15) is 18.9 Å². The lowest BCUT2D eigenvalue weighted by atomic mass is 10.1. The van der Waals surface area contributed by atoms with Crippen molar-refractivity contribution in [1.29, 1.82) is 0 Å². The highest BCUT2D eigenvalue weighted by molar-refractivity contribution is 9.10. The Bertz CT molecular complexity index is 530. The van der Waals surface area contributed by atoms with Gasteiger partial charge in [0.2, 0.25) is 0 Å². The van der Waals surface area contributed by atoms with Crippen molar-refractivity contribution in [1.82, 2.24) is 5.32 Å². The molecule has 0 bridgehead atoms. The van der Waals surface area contributed by atoms with Crippen LogP contribution in [0.2, 0.25) is 0 Å². The summed E-state index contributed by atoms with van der Waals surface area (Å²) in [5.74, 6) is 0.926. The summed E-state index contributed by atoms with van der Waals surface area (Å²) in [6.07, 6.45) is 2.09. The van der Waals surface area contributed by atoms with Gasteiger partial charge in [-0.3, -0.25) is 0 Å². The van der Waals surface area contributed by atoms with Gasteiger partial charge in [0.15, 0.2) is 0 Å². The summed E-state index contributed by atoms with van der Waals surface area (Å²) >= 11 is 3.53. The van der Waals surface area contributed by atoms with Gasteiger partial charge in [0, 0.05) is 10.5 Å². The molecule has 1 N–H and O–H groups in total. The van der Waals surface area contributed by atoms with E-state index >= 15 is 0 Å². The molecule has 2 aromatic carbocycles. The summed E-state index contributed by atoms with van der Waals surface area (Å²) in [5, 5.41) is 3.57. The second-order valence-corrected chi connectivity index (χ2v) is 6.02. The number of ether oxygens (including phenoxy) is 1. The van der Waals surface area contributed by atoms with Crippen LogP contribution in [-0.2, 0) is 6.42 Å². The standard InChI is InChI=1S/C18H22BrNO/c1-2-11-20-17(13-15-7-6-8-16(19)12-15)14-21-18-9-4-3-5-10-18/h3-10,12,17,20H,2,11,13-14H2,1H3.